The molecule has 3 heterocycles. The molecule has 1 aromatic carbocycles. The van der Waals surface area contributed by atoms with Crippen LogP contribution in [-0.4, -0.2) is 48.0 Å². The summed E-state index contributed by atoms with van der Waals surface area (Å²) >= 11 is 1.51. The quantitative estimate of drug-likeness (QED) is 0.650. The van der Waals surface area contributed by atoms with Crippen LogP contribution in [0.25, 0.3) is 21.8 Å². The highest BCUT2D eigenvalue weighted by molar-refractivity contribution is 7.89. The predicted octanol–water partition coefficient (Wildman–Crippen LogP) is 3.67. The molecule has 0 aliphatic carbocycles. The van der Waals surface area contributed by atoms with Crippen molar-refractivity contribution in [2.45, 2.75) is 31.0 Å². The van der Waals surface area contributed by atoms with Crippen LogP contribution in [-0.2, 0) is 14.8 Å². The van der Waals surface area contributed by atoms with Gasteiger partial charge in [-0.1, -0.05) is 12.1 Å². The number of thiazole rings is 1. The number of hydrogen-bond acceptors (Lipinski definition) is 6. The van der Waals surface area contributed by atoms with Crippen LogP contribution < -0.4 is 0 Å². The van der Waals surface area contributed by atoms with E-state index in [2.05, 4.69) is 9.97 Å². The van der Waals surface area contributed by atoms with Gasteiger partial charge in [-0.05, 0) is 38.1 Å². The molecule has 0 N–H and O–H groups in total. The molecule has 8 heteroatoms. The van der Waals surface area contributed by atoms with Crippen molar-refractivity contribution in [2.24, 2.45) is 0 Å². The average Bonchev–Trinajstić information content (AvgIpc) is 3.18. The number of morpholine rings is 1. The first kappa shape index (κ1) is 19.2. The molecule has 146 valence electrons. The number of ether oxygens (including phenoxy) is 1. The van der Waals surface area contributed by atoms with E-state index in [1.54, 1.807) is 30.6 Å². The SMILES string of the molecule is C[C@@H]1CN(S(=O)(=O)c2cccc(-c3csc(-c4cccnc4)n3)c2)C[C@H](C)O1. The number of rotatable bonds is 4. The summed E-state index contributed by atoms with van der Waals surface area (Å²) in [5, 5.41) is 2.79. The van der Waals surface area contributed by atoms with E-state index in [0.29, 0.717) is 13.1 Å². The fourth-order valence-corrected chi connectivity index (χ4v) is 5.78. The molecule has 0 radical (unpaired) electrons. The Morgan fingerprint density at radius 3 is 2.57 bits per heavy atom. The van der Waals surface area contributed by atoms with Gasteiger partial charge in [-0.15, -0.1) is 11.3 Å². The molecule has 0 unspecified atom stereocenters. The standard InChI is InChI=1S/C20H21N3O3S2/c1-14-11-23(12-15(2)26-14)28(24,25)18-7-3-5-16(9-18)19-13-27-20(22-19)17-6-4-8-21-10-17/h3-10,13-15H,11-12H2,1-2H3/t14-,15+. The van der Waals surface area contributed by atoms with Crippen LogP contribution in [0.1, 0.15) is 13.8 Å². The van der Waals surface area contributed by atoms with Gasteiger partial charge in [0.05, 0.1) is 22.8 Å². The molecule has 1 fully saturated rings. The number of pyridine rings is 1. The minimum Gasteiger partial charge on any atom is -0.373 e. The summed E-state index contributed by atoms with van der Waals surface area (Å²) in [7, 11) is -3.58. The number of sulfonamides is 1. The molecule has 3 aromatic rings. The first-order chi connectivity index (χ1) is 13.4. The van der Waals surface area contributed by atoms with Crippen molar-refractivity contribution in [1.29, 1.82) is 0 Å². The minimum atomic E-state index is -3.58. The maximum Gasteiger partial charge on any atom is 0.243 e. The Morgan fingerprint density at radius 1 is 1.11 bits per heavy atom. The zero-order valence-corrected chi connectivity index (χ0v) is 17.3. The van der Waals surface area contributed by atoms with Gasteiger partial charge in [-0.2, -0.15) is 4.31 Å². The Balaban J connectivity index is 1.64. The summed E-state index contributed by atoms with van der Waals surface area (Å²) < 4.78 is 33.4. The van der Waals surface area contributed by atoms with Crippen molar-refractivity contribution in [1.82, 2.24) is 14.3 Å². The summed E-state index contributed by atoms with van der Waals surface area (Å²) in [6.45, 7) is 4.51. The van der Waals surface area contributed by atoms with Crippen molar-refractivity contribution in [2.75, 3.05) is 13.1 Å². The Labute approximate surface area is 168 Å². The van der Waals surface area contributed by atoms with Crippen LogP contribution in [0.4, 0.5) is 0 Å². The first-order valence-electron chi connectivity index (χ1n) is 9.05. The zero-order valence-electron chi connectivity index (χ0n) is 15.6. The number of aromatic nitrogens is 2. The molecule has 6 nitrogen and oxygen atoms in total. The van der Waals surface area contributed by atoms with Gasteiger partial charge in [-0.25, -0.2) is 13.4 Å². The predicted molar refractivity (Wildman–Crippen MR) is 110 cm³/mol. The lowest BCUT2D eigenvalue weighted by molar-refractivity contribution is -0.0440. The molecule has 1 saturated heterocycles. The third-order valence-electron chi connectivity index (χ3n) is 4.57. The Bertz CT molecular complexity index is 1060. The topological polar surface area (TPSA) is 72.4 Å². The molecule has 0 saturated carbocycles. The second-order valence-corrected chi connectivity index (χ2v) is 9.68. The van der Waals surface area contributed by atoms with E-state index in [4.69, 9.17) is 4.74 Å². The summed E-state index contributed by atoms with van der Waals surface area (Å²) in [4.78, 5) is 9.07. The number of nitrogens with zero attached hydrogens (tertiary/aromatic N) is 3. The average molecular weight is 416 g/mol. The molecule has 0 spiro atoms. The van der Waals surface area contributed by atoms with E-state index in [1.807, 2.05) is 37.4 Å². The highest BCUT2D eigenvalue weighted by Crippen LogP contribution is 2.30. The fraction of sp³-hybridized carbons (Fsp3) is 0.300. The molecule has 1 aliphatic rings. The lowest BCUT2D eigenvalue weighted by Crippen LogP contribution is -2.48. The van der Waals surface area contributed by atoms with Gasteiger partial charge in [0.15, 0.2) is 0 Å². The summed E-state index contributed by atoms with van der Waals surface area (Å²) in [6, 6.07) is 10.8. The van der Waals surface area contributed by atoms with Gasteiger partial charge in [-0.3, -0.25) is 4.98 Å². The van der Waals surface area contributed by atoms with E-state index in [1.165, 1.54) is 15.6 Å². The monoisotopic (exact) mass is 415 g/mol. The van der Waals surface area contributed by atoms with Crippen molar-refractivity contribution in [3.8, 4) is 21.8 Å². The molecular formula is C20H21N3O3S2. The van der Waals surface area contributed by atoms with E-state index >= 15 is 0 Å². The Hall–Kier alpha value is -2.13. The van der Waals surface area contributed by atoms with E-state index in [9.17, 15) is 8.42 Å². The highest BCUT2D eigenvalue weighted by atomic mass is 32.2. The Morgan fingerprint density at radius 2 is 1.86 bits per heavy atom. The van der Waals surface area contributed by atoms with Crippen molar-refractivity contribution in [3.05, 3.63) is 54.2 Å². The van der Waals surface area contributed by atoms with Gasteiger partial charge in [0.1, 0.15) is 5.01 Å². The van der Waals surface area contributed by atoms with Gasteiger partial charge >= 0.3 is 0 Å². The van der Waals surface area contributed by atoms with Gasteiger partial charge < -0.3 is 4.74 Å². The highest BCUT2D eigenvalue weighted by Gasteiger charge is 2.32. The largest absolute Gasteiger partial charge is 0.373 e. The summed E-state index contributed by atoms with van der Waals surface area (Å²) in [6.07, 6.45) is 3.24. The van der Waals surface area contributed by atoms with Crippen molar-refractivity contribution < 1.29 is 13.2 Å². The number of benzene rings is 1. The Kier molecular flexibility index (Phi) is 5.29. The van der Waals surface area contributed by atoms with Crippen LogP contribution in [0.15, 0.2) is 59.1 Å². The van der Waals surface area contributed by atoms with Crippen LogP contribution in [0.2, 0.25) is 0 Å². The number of hydrogen-bond donors (Lipinski definition) is 0. The van der Waals surface area contributed by atoms with E-state index < -0.39 is 10.0 Å². The molecule has 2 atom stereocenters. The second kappa shape index (κ2) is 7.71. The molecule has 0 amide bonds. The first-order valence-corrected chi connectivity index (χ1v) is 11.4. The molecule has 4 rings (SSSR count). The molecule has 1 aliphatic heterocycles. The molecule has 2 aromatic heterocycles. The van der Waals surface area contributed by atoms with Gasteiger partial charge in [0.25, 0.3) is 0 Å². The lowest BCUT2D eigenvalue weighted by atomic mass is 10.2. The van der Waals surface area contributed by atoms with Crippen LogP contribution in [0.5, 0.6) is 0 Å². The zero-order chi connectivity index (χ0) is 19.7. The van der Waals surface area contributed by atoms with E-state index in [0.717, 1.165) is 21.8 Å². The maximum absolute atomic E-state index is 13.1. The lowest BCUT2D eigenvalue weighted by Gasteiger charge is -2.34. The van der Waals surface area contributed by atoms with Crippen molar-refractivity contribution in [3.63, 3.8) is 0 Å². The second-order valence-electron chi connectivity index (χ2n) is 6.89. The molecular weight excluding hydrogens is 394 g/mol. The molecule has 28 heavy (non-hydrogen) atoms. The van der Waals surface area contributed by atoms with Crippen LogP contribution in [0.3, 0.4) is 0 Å². The summed E-state index contributed by atoms with van der Waals surface area (Å²) in [5.74, 6) is 0. The van der Waals surface area contributed by atoms with Crippen molar-refractivity contribution >= 4 is 21.4 Å². The van der Waals surface area contributed by atoms with E-state index in [-0.39, 0.29) is 17.1 Å². The normalized spacial score (nSPS) is 20.9. The minimum absolute atomic E-state index is 0.123. The van der Waals surface area contributed by atoms with Crippen LogP contribution in [0, 0.1) is 0 Å². The maximum atomic E-state index is 13.1. The molecule has 0 bridgehead atoms. The smallest absolute Gasteiger partial charge is 0.243 e. The summed E-state index contributed by atoms with van der Waals surface area (Å²) in [5.41, 5.74) is 2.48. The van der Waals surface area contributed by atoms with Gasteiger partial charge in [0, 0.05) is 42.0 Å². The third kappa shape index (κ3) is 3.86. The third-order valence-corrected chi connectivity index (χ3v) is 7.29. The fourth-order valence-electron chi connectivity index (χ4n) is 3.32. The van der Waals surface area contributed by atoms with Gasteiger partial charge in [0.2, 0.25) is 10.0 Å². The van der Waals surface area contributed by atoms with Crippen LogP contribution >= 0.6 is 11.3 Å².